The Kier molecular flexibility index (Phi) is 6.55. The predicted molar refractivity (Wildman–Crippen MR) is 107 cm³/mol. The Balaban J connectivity index is 1.60. The summed E-state index contributed by atoms with van der Waals surface area (Å²) in [6, 6.07) is 5.53. The van der Waals surface area contributed by atoms with E-state index in [1.165, 1.54) is 31.0 Å². The molecule has 1 fully saturated rings. The lowest BCUT2D eigenvalue weighted by Gasteiger charge is -2.41. The highest BCUT2D eigenvalue weighted by atomic mass is 32.2. The van der Waals surface area contributed by atoms with Crippen LogP contribution in [0.2, 0.25) is 0 Å². The van der Waals surface area contributed by atoms with E-state index in [0.717, 1.165) is 24.5 Å². The lowest BCUT2D eigenvalue weighted by molar-refractivity contribution is 0.0795. The Morgan fingerprint density at radius 1 is 1.33 bits per heavy atom. The standard InChI is InChI=1S/C20H28N4O2S/c1-15-12-16(23-26-15)13-27-19-17(8-7-9-21-19)18(25)22-14-20(2,3)24-10-5-4-6-11-24/h7-9,12H,4-6,10-11,13-14H2,1-3H3,(H,22,25). The van der Waals surface area contributed by atoms with Crippen LogP contribution in [0.5, 0.6) is 0 Å². The number of carbonyl (C=O) groups excluding carboxylic acids is 1. The van der Waals surface area contributed by atoms with Crippen molar-refractivity contribution in [3.8, 4) is 0 Å². The Morgan fingerprint density at radius 3 is 2.81 bits per heavy atom. The third kappa shape index (κ3) is 5.32. The summed E-state index contributed by atoms with van der Waals surface area (Å²) in [6.45, 7) is 9.09. The van der Waals surface area contributed by atoms with E-state index < -0.39 is 0 Å². The van der Waals surface area contributed by atoms with Crippen molar-refractivity contribution in [2.45, 2.75) is 56.4 Å². The van der Waals surface area contributed by atoms with E-state index in [1.807, 2.05) is 19.1 Å². The van der Waals surface area contributed by atoms with Gasteiger partial charge in [-0.1, -0.05) is 23.3 Å². The summed E-state index contributed by atoms with van der Waals surface area (Å²) < 4.78 is 5.10. The molecular formula is C20H28N4O2S. The molecule has 27 heavy (non-hydrogen) atoms. The summed E-state index contributed by atoms with van der Waals surface area (Å²) >= 11 is 1.50. The van der Waals surface area contributed by atoms with Crippen LogP contribution in [0.1, 0.15) is 54.9 Å². The third-order valence-corrected chi connectivity index (χ3v) is 5.98. The first-order chi connectivity index (χ1) is 13.0. The fourth-order valence-electron chi connectivity index (χ4n) is 3.31. The summed E-state index contributed by atoms with van der Waals surface area (Å²) in [7, 11) is 0. The zero-order valence-electron chi connectivity index (χ0n) is 16.3. The molecule has 146 valence electrons. The molecule has 2 aromatic heterocycles. The number of likely N-dealkylation sites (tertiary alicyclic amines) is 1. The molecule has 0 saturated carbocycles. The minimum Gasteiger partial charge on any atom is -0.361 e. The number of carbonyl (C=O) groups is 1. The second-order valence-corrected chi connectivity index (χ2v) is 8.58. The minimum absolute atomic E-state index is 0.0518. The van der Waals surface area contributed by atoms with Crippen molar-refractivity contribution in [2.75, 3.05) is 19.6 Å². The minimum atomic E-state index is -0.0768. The summed E-state index contributed by atoms with van der Waals surface area (Å²) in [5.41, 5.74) is 1.40. The van der Waals surface area contributed by atoms with Gasteiger partial charge in [0.25, 0.3) is 5.91 Å². The zero-order chi connectivity index (χ0) is 19.3. The molecule has 1 aliphatic rings. The van der Waals surface area contributed by atoms with Gasteiger partial charge in [-0.05, 0) is 58.8 Å². The first kappa shape index (κ1) is 19.9. The van der Waals surface area contributed by atoms with Gasteiger partial charge in [0.05, 0.1) is 11.3 Å². The smallest absolute Gasteiger partial charge is 0.254 e. The van der Waals surface area contributed by atoms with Crippen molar-refractivity contribution in [1.82, 2.24) is 20.4 Å². The van der Waals surface area contributed by atoms with Crippen LogP contribution in [-0.2, 0) is 5.75 Å². The highest BCUT2D eigenvalue weighted by Crippen LogP contribution is 2.25. The first-order valence-corrected chi connectivity index (χ1v) is 10.5. The first-order valence-electron chi connectivity index (χ1n) is 9.49. The monoisotopic (exact) mass is 388 g/mol. The van der Waals surface area contributed by atoms with Crippen LogP contribution in [-0.4, -0.2) is 46.1 Å². The van der Waals surface area contributed by atoms with Crippen LogP contribution in [0.25, 0.3) is 0 Å². The molecule has 0 aromatic carbocycles. The molecule has 3 heterocycles. The number of hydrogen-bond acceptors (Lipinski definition) is 6. The van der Waals surface area contributed by atoms with E-state index >= 15 is 0 Å². The number of hydrogen-bond donors (Lipinski definition) is 1. The maximum Gasteiger partial charge on any atom is 0.254 e. The lowest BCUT2D eigenvalue weighted by Crippen LogP contribution is -2.53. The van der Waals surface area contributed by atoms with E-state index in [9.17, 15) is 4.79 Å². The second-order valence-electron chi connectivity index (χ2n) is 7.62. The van der Waals surface area contributed by atoms with Crippen LogP contribution < -0.4 is 5.32 Å². The van der Waals surface area contributed by atoms with Gasteiger partial charge in [-0.3, -0.25) is 9.69 Å². The Morgan fingerprint density at radius 2 is 2.11 bits per heavy atom. The highest BCUT2D eigenvalue weighted by molar-refractivity contribution is 7.98. The van der Waals surface area contributed by atoms with Crippen molar-refractivity contribution in [3.05, 3.63) is 41.4 Å². The van der Waals surface area contributed by atoms with Gasteiger partial charge in [0.2, 0.25) is 0 Å². The van der Waals surface area contributed by atoms with Crippen molar-refractivity contribution < 1.29 is 9.32 Å². The number of aryl methyl sites for hydroxylation is 1. The number of aromatic nitrogens is 2. The molecule has 2 aromatic rings. The molecule has 1 amide bonds. The van der Waals surface area contributed by atoms with Gasteiger partial charge < -0.3 is 9.84 Å². The molecule has 7 heteroatoms. The number of nitrogens with one attached hydrogen (secondary N) is 1. The zero-order valence-corrected chi connectivity index (χ0v) is 17.1. The van der Waals surface area contributed by atoms with E-state index in [4.69, 9.17) is 4.52 Å². The van der Waals surface area contributed by atoms with Gasteiger partial charge in [0, 0.05) is 30.1 Å². The van der Waals surface area contributed by atoms with Crippen molar-refractivity contribution in [3.63, 3.8) is 0 Å². The molecule has 0 spiro atoms. The molecule has 0 bridgehead atoms. The Labute approximate surface area is 165 Å². The normalized spacial score (nSPS) is 15.7. The van der Waals surface area contributed by atoms with Crippen LogP contribution in [0, 0.1) is 6.92 Å². The fourth-order valence-corrected chi connectivity index (χ4v) is 4.18. The van der Waals surface area contributed by atoms with Gasteiger partial charge in [0.1, 0.15) is 10.8 Å². The number of nitrogens with zero attached hydrogens (tertiary/aromatic N) is 3. The molecule has 1 saturated heterocycles. The fraction of sp³-hybridized carbons (Fsp3) is 0.550. The molecule has 0 aliphatic carbocycles. The molecule has 1 N–H and O–H groups in total. The van der Waals surface area contributed by atoms with E-state index in [0.29, 0.717) is 22.9 Å². The summed E-state index contributed by atoms with van der Waals surface area (Å²) in [6.07, 6.45) is 5.50. The van der Waals surface area contributed by atoms with Crippen molar-refractivity contribution in [2.24, 2.45) is 0 Å². The second kappa shape index (κ2) is 8.89. The van der Waals surface area contributed by atoms with E-state index in [-0.39, 0.29) is 11.4 Å². The molecule has 0 radical (unpaired) electrons. The Hall–Kier alpha value is -1.86. The molecule has 1 aliphatic heterocycles. The number of thioether (sulfide) groups is 1. The van der Waals surface area contributed by atoms with Gasteiger partial charge >= 0.3 is 0 Å². The number of piperidine rings is 1. The highest BCUT2D eigenvalue weighted by Gasteiger charge is 2.28. The van der Waals surface area contributed by atoms with Gasteiger partial charge in [-0.25, -0.2) is 4.98 Å². The SMILES string of the molecule is Cc1cc(CSc2ncccc2C(=O)NCC(C)(C)N2CCCCC2)no1. The van der Waals surface area contributed by atoms with Crippen LogP contribution in [0.4, 0.5) is 0 Å². The quantitative estimate of drug-likeness (QED) is 0.730. The number of rotatable bonds is 7. The van der Waals surface area contributed by atoms with Crippen LogP contribution in [0.3, 0.4) is 0 Å². The van der Waals surface area contributed by atoms with Crippen molar-refractivity contribution in [1.29, 1.82) is 0 Å². The van der Waals surface area contributed by atoms with Crippen molar-refractivity contribution >= 4 is 17.7 Å². The number of amides is 1. The molecule has 3 rings (SSSR count). The molecule has 0 atom stereocenters. The topological polar surface area (TPSA) is 71.3 Å². The summed E-state index contributed by atoms with van der Waals surface area (Å²) in [5.74, 6) is 1.32. The third-order valence-electron chi connectivity index (χ3n) is 4.94. The van der Waals surface area contributed by atoms with Crippen LogP contribution >= 0.6 is 11.8 Å². The average molecular weight is 389 g/mol. The van der Waals surface area contributed by atoms with Crippen LogP contribution in [0.15, 0.2) is 33.9 Å². The molecule has 0 unspecified atom stereocenters. The number of pyridine rings is 1. The van der Waals surface area contributed by atoms with E-state index in [1.54, 1.807) is 12.3 Å². The van der Waals surface area contributed by atoms with Gasteiger partial charge in [0.15, 0.2) is 0 Å². The predicted octanol–water partition coefficient (Wildman–Crippen LogP) is 3.66. The average Bonchev–Trinajstić information content (AvgIpc) is 3.11. The maximum atomic E-state index is 12.8. The van der Waals surface area contributed by atoms with E-state index in [2.05, 4.69) is 34.2 Å². The summed E-state index contributed by atoms with van der Waals surface area (Å²) in [4.78, 5) is 19.7. The lowest BCUT2D eigenvalue weighted by atomic mass is 9.98. The summed E-state index contributed by atoms with van der Waals surface area (Å²) in [5, 5.41) is 7.82. The van der Waals surface area contributed by atoms with Gasteiger partial charge in [-0.2, -0.15) is 0 Å². The molecule has 6 nitrogen and oxygen atoms in total. The molecular weight excluding hydrogens is 360 g/mol. The maximum absolute atomic E-state index is 12.8. The Bertz CT molecular complexity index is 769. The largest absolute Gasteiger partial charge is 0.361 e. The van der Waals surface area contributed by atoms with Gasteiger partial charge in [-0.15, -0.1) is 0 Å².